The lowest BCUT2D eigenvalue weighted by molar-refractivity contribution is -0.127. The first-order valence-corrected chi connectivity index (χ1v) is 9.19. The zero-order chi connectivity index (χ0) is 18.8. The van der Waals surface area contributed by atoms with E-state index < -0.39 is 0 Å². The van der Waals surface area contributed by atoms with Gasteiger partial charge >= 0.3 is 0 Å². The summed E-state index contributed by atoms with van der Waals surface area (Å²) in [5, 5.41) is 7.85. The van der Waals surface area contributed by atoms with Crippen molar-refractivity contribution in [2.24, 2.45) is 5.41 Å². The van der Waals surface area contributed by atoms with E-state index in [-0.39, 0.29) is 5.41 Å². The van der Waals surface area contributed by atoms with Gasteiger partial charge in [-0.15, -0.1) is 0 Å². The van der Waals surface area contributed by atoms with Gasteiger partial charge in [0.1, 0.15) is 17.2 Å². The molecule has 0 saturated carbocycles. The minimum atomic E-state index is -0.161. The predicted molar refractivity (Wildman–Crippen MR) is 97.6 cm³/mol. The molecule has 3 aromatic rings. The molecule has 2 saturated heterocycles. The first-order valence-electron chi connectivity index (χ1n) is 9.19. The van der Waals surface area contributed by atoms with Crippen LogP contribution >= 0.6 is 0 Å². The zero-order valence-corrected chi connectivity index (χ0v) is 16.1. The van der Waals surface area contributed by atoms with E-state index in [1.807, 2.05) is 11.5 Å². The lowest BCUT2D eigenvalue weighted by Gasteiger charge is -2.55. The van der Waals surface area contributed by atoms with Gasteiger partial charge in [0.15, 0.2) is 17.0 Å². The molecule has 5 rings (SSSR count). The van der Waals surface area contributed by atoms with Crippen LogP contribution in [0.3, 0.4) is 0 Å². The van der Waals surface area contributed by atoms with Crippen molar-refractivity contribution in [2.75, 3.05) is 31.2 Å². The highest BCUT2D eigenvalue weighted by atomic mass is 16.6. The quantitative estimate of drug-likeness (QED) is 0.688. The van der Waals surface area contributed by atoms with Crippen molar-refractivity contribution < 1.29 is 9.37 Å². The maximum Gasteiger partial charge on any atom is 0.166 e. The highest BCUT2D eigenvalue weighted by Crippen LogP contribution is 2.41. The molecule has 142 valence electrons. The van der Waals surface area contributed by atoms with Gasteiger partial charge < -0.3 is 14.2 Å². The van der Waals surface area contributed by atoms with Crippen molar-refractivity contribution >= 4 is 17.0 Å². The van der Waals surface area contributed by atoms with Gasteiger partial charge in [-0.25, -0.2) is 19.6 Å². The summed E-state index contributed by atoms with van der Waals surface area (Å²) < 4.78 is 12.2. The highest BCUT2D eigenvalue weighted by molar-refractivity contribution is 5.84. The first kappa shape index (κ1) is 16.6. The van der Waals surface area contributed by atoms with Crippen LogP contribution in [0.2, 0.25) is 0 Å². The van der Waals surface area contributed by atoms with Gasteiger partial charge in [-0.05, 0) is 6.92 Å². The number of imidazole rings is 1. The monoisotopic (exact) mass is 369 g/mol. The Morgan fingerprint density at radius 1 is 1.15 bits per heavy atom. The molecule has 3 aromatic heterocycles. The van der Waals surface area contributed by atoms with Crippen molar-refractivity contribution in [3.8, 4) is 0 Å². The zero-order valence-electron chi connectivity index (χ0n) is 16.1. The molecule has 0 atom stereocenters. The Bertz CT molecular complexity index is 1000. The van der Waals surface area contributed by atoms with Crippen molar-refractivity contribution in [1.82, 2.24) is 29.8 Å². The van der Waals surface area contributed by atoms with Crippen molar-refractivity contribution in [1.29, 1.82) is 0 Å². The molecule has 2 fully saturated rings. The van der Waals surface area contributed by atoms with Crippen molar-refractivity contribution in [3.05, 3.63) is 23.5 Å². The van der Waals surface area contributed by atoms with Crippen LogP contribution in [0.1, 0.15) is 38.0 Å². The molecule has 0 aliphatic carbocycles. The third-order valence-electron chi connectivity index (χ3n) is 5.35. The Balaban J connectivity index is 1.58. The average Bonchev–Trinajstić information content (AvgIpc) is 3.11. The summed E-state index contributed by atoms with van der Waals surface area (Å²) in [7, 11) is 0. The Kier molecular flexibility index (Phi) is 3.37. The summed E-state index contributed by atoms with van der Waals surface area (Å²) in [6, 6.07) is 0. The van der Waals surface area contributed by atoms with Gasteiger partial charge in [-0.2, -0.15) is 0 Å². The number of fused-ring (bicyclic) bond motifs is 1. The van der Waals surface area contributed by atoms with E-state index in [0.717, 1.165) is 60.5 Å². The Hall–Kier alpha value is -2.55. The maximum absolute atomic E-state index is 5.40. The Morgan fingerprint density at radius 2 is 1.93 bits per heavy atom. The summed E-state index contributed by atoms with van der Waals surface area (Å²) in [4.78, 5) is 16.7. The van der Waals surface area contributed by atoms with Crippen molar-refractivity contribution in [3.63, 3.8) is 0 Å². The number of hydrogen-bond donors (Lipinski definition) is 0. The molecular formula is C18H23N7O2. The van der Waals surface area contributed by atoms with Gasteiger partial charge in [0, 0.05) is 18.5 Å². The molecule has 9 nitrogen and oxygen atoms in total. The minimum Gasteiger partial charge on any atom is -0.380 e. The standard InChI is InChI=1S/C18H23N7O2/c1-11-12(23-27-22-11)5-24-10-19-13-14(24)20-16(17(2,3)4)21-15(13)25-6-18(7-25)8-26-9-18/h10H,5-9H2,1-4H3. The third-order valence-corrected chi connectivity index (χ3v) is 5.35. The van der Waals surface area contributed by atoms with Crippen LogP contribution in [-0.4, -0.2) is 56.1 Å². The minimum absolute atomic E-state index is 0.161. The summed E-state index contributed by atoms with van der Waals surface area (Å²) >= 11 is 0. The fourth-order valence-corrected chi connectivity index (χ4v) is 3.64. The normalized spacial score (nSPS) is 18.7. The SMILES string of the molecule is Cc1nonc1Cn1cnc2c(N3CC4(COC4)C3)nc(C(C)(C)C)nc21. The van der Waals surface area contributed by atoms with Gasteiger partial charge in [-0.3, -0.25) is 0 Å². The molecule has 5 heterocycles. The van der Waals surface area contributed by atoms with E-state index in [1.54, 1.807) is 6.33 Å². The molecule has 9 heteroatoms. The molecule has 2 aliphatic heterocycles. The number of aryl methyl sites for hydroxylation is 1. The highest BCUT2D eigenvalue weighted by Gasteiger charge is 2.50. The molecule has 0 N–H and O–H groups in total. The van der Waals surface area contributed by atoms with Crippen molar-refractivity contribution in [2.45, 2.75) is 39.7 Å². The summed E-state index contributed by atoms with van der Waals surface area (Å²) in [5.41, 5.74) is 3.35. The van der Waals surface area contributed by atoms with Crippen LogP contribution in [0.15, 0.2) is 11.0 Å². The smallest absolute Gasteiger partial charge is 0.166 e. The van der Waals surface area contributed by atoms with Crippen LogP contribution in [0.5, 0.6) is 0 Å². The number of anilines is 1. The van der Waals surface area contributed by atoms with Crippen LogP contribution in [0.4, 0.5) is 5.82 Å². The second-order valence-electron chi connectivity index (χ2n) is 8.81. The molecule has 0 unspecified atom stereocenters. The fraction of sp³-hybridized carbons (Fsp3) is 0.611. The molecule has 1 spiro atoms. The van der Waals surface area contributed by atoms with E-state index in [1.165, 1.54) is 0 Å². The van der Waals surface area contributed by atoms with Crippen LogP contribution < -0.4 is 4.90 Å². The molecule has 0 bridgehead atoms. The van der Waals surface area contributed by atoms with E-state index in [2.05, 4.69) is 41.0 Å². The molecular weight excluding hydrogens is 346 g/mol. The molecule has 0 amide bonds. The van der Waals surface area contributed by atoms with Crippen LogP contribution in [0.25, 0.3) is 11.2 Å². The maximum atomic E-state index is 5.40. The first-order chi connectivity index (χ1) is 12.8. The topological polar surface area (TPSA) is 95.0 Å². The summed E-state index contributed by atoms with van der Waals surface area (Å²) in [6.07, 6.45) is 1.80. The van der Waals surface area contributed by atoms with E-state index in [4.69, 9.17) is 19.3 Å². The van der Waals surface area contributed by atoms with E-state index in [0.29, 0.717) is 12.0 Å². The molecule has 2 aliphatic rings. The summed E-state index contributed by atoms with van der Waals surface area (Å²) in [5.74, 6) is 1.73. The van der Waals surface area contributed by atoms with Gasteiger partial charge in [0.05, 0.1) is 31.5 Å². The number of hydrogen-bond acceptors (Lipinski definition) is 8. The van der Waals surface area contributed by atoms with Gasteiger partial charge in [-0.1, -0.05) is 31.1 Å². The van der Waals surface area contributed by atoms with E-state index in [9.17, 15) is 0 Å². The predicted octanol–water partition coefficient (Wildman–Crippen LogP) is 1.70. The van der Waals surface area contributed by atoms with Gasteiger partial charge in [0.2, 0.25) is 0 Å². The lowest BCUT2D eigenvalue weighted by Crippen LogP contribution is -2.66. The van der Waals surface area contributed by atoms with Gasteiger partial charge in [0.25, 0.3) is 0 Å². The number of ether oxygens (including phenoxy) is 1. The Morgan fingerprint density at radius 3 is 2.52 bits per heavy atom. The number of rotatable bonds is 3. The molecule has 27 heavy (non-hydrogen) atoms. The molecule has 0 radical (unpaired) electrons. The second-order valence-corrected chi connectivity index (χ2v) is 8.81. The summed E-state index contributed by atoms with van der Waals surface area (Å²) in [6.45, 7) is 12.4. The third kappa shape index (κ3) is 2.60. The second kappa shape index (κ2) is 5.48. The largest absolute Gasteiger partial charge is 0.380 e. The number of aromatic nitrogens is 6. The fourth-order valence-electron chi connectivity index (χ4n) is 3.64. The Labute approximate surface area is 156 Å². The average molecular weight is 369 g/mol. The van der Waals surface area contributed by atoms with Crippen LogP contribution in [-0.2, 0) is 16.7 Å². The number of nitrogens with zero attached hydrogens (tertiary/aromatic N) is 7. The lowest BCUT2D eigenvalue weighted by atomic mass is 9.78. The molecule has 0 aromatic carbocycles. The van der Waals surface area contributed by atoms with Crippen LogP contribution in [0, 0.1) is 12.3 Å². The van der Waals surface area contributed by atoms with E-state index >= 15 is 0 Å².